The normalized spacial score (nSPS) is 17.0. The largest absolute Gasteiger partial charge is 0.494 e. The molecule has 118 valence electrons. The van der Waals surface area contributed by atoms with Gasteiger partial charge in [-0.05, 0) is 29.7 Å². The van der Waals surface area contributed by atoms with Gasteiger partial charge in [-0.1, -0.05) is 30.3 Å². The number of carbonyl (C=O) groups is 1. The van der Waals surface area contributed by atoms with Gasteiger partial charge in [-0.15, -0.1) is 0 Å². The molecule has 23 heavy (non-hydrogen) atoms. The summed E-state index contributed by atoms with van der Waals surface area (Å²) in [7, 11) is -0.351. The molecule has 1 fully saturated rings. The zero-order chi connectivity index (χ0) is 16.1. The lowest BCUT2D eigenvalue weighted by molar-refractivity contribution is 0.148. The summed E-state index contributed by atoms with van der Waals surface area (Å²) in [5.74, 6) is 1.02. The van der Waals surface area contributed by atoms with Crippen LogP contribution in [0.5, 0.6) is 11.5 Å². The predicted molar refractivity (Wildman–Crippen MR) is 84.8 cm³/mol. The third-order valence-corrected chi connectivity index (χ3v) is 3.30. The van der Waals surface area contributed by atoms with Crippen LogP contribution in [-0.2, 0) is 9.31 Å². The fourth-order valence-electron chi connectivity index (χ4n) is 2.23. The Balaban J connectivity index is 1.48. The minimum absolute atomic E-state index is 0.137. The lowest BCUT2D eigenvalue weighted by Crippen LogP contribution is -2.33. The quantitative estimate of drug-likeness (QED) is 0.843. The van der Waals surface area contributed by atoms with Crippen molar-refractivity contribution in [1.29, 1.82) is 0 Å². The van der Waals surface area contributed by atoms with Gasteiger partial charge >= 0.3 is 13.2 Å². The molecule has 2 aromatic carbocycles. The van der Waals surface area contributed by atoms with E-state index in [4.69, 9.17) is 24.5 Å². The topological polar surface area (TPSA) is 80.0 Å². The molecule has 1 amide bonds. The van der Waals surface area contributed by atoms with E-state index >= 15 is 0 Å². The number of primary amides is 1. The van der Waals surface area contributed by atoms with Crippen molar-refractivity contribution in [2.75, 3.05) is 13.2 Å². The molecule has 0 saturated carbocycles. The highest BCUT2D eigenvalue weighted by Gasteiger charge is 2.33. The SMILES string of the molecule is NC(=O)Oc1ccc(OCC2COB(c3ccccc3)O2)cc1. The van der Waals surface area contributed by atoms with Crippen molar-refractivity contribution in [2.45, 2.75) is 6.10 Å². The molecule has 1 aliphatic heterocycles. The summed E-state index contributed by atoms with van der Waals surface area (Å²) < 4.78 is 21.8. The number of nitrogens with two attached hydrogens (primary N) is 1. The number of rotatable bonds is 5. The van der Waals surface area contributed by atoms with Crippen molar-refractivity contribution >= 4 is 18.7 Å². The Labute approximate surface area is 134 Å². The lowest BCUT2D eigenvalue weighted by Gasteiger charge is -2.12. The monoisotopic (exact) mass is 313 g/mol. The van der Waals surface area contributed by atoms with Gasteiger partial charge in [0.1, 0.15) is 18.1 Å². The molecule has 7 heteroatoms. The van der Waals surface area contributed by atoms with Gasteiger partial charge in [-0.2, -0.15) is 0 Å². The third kappa shape index (κ3) is 4.24. The number of hydrogen-bond donors (Lipinski definition) is 1. The maximum Gasteiger partial charge on any atom is 0.494 e. The van der Waals surface area contributed by atoms with E-state index in [0.717, 1.165) is 5.46 Å². The van der Waals surface area contributed by atoms with Crippen molar-refractivity contribution in [3.05, 3.63) is 54.6 Å². The first-order valence-corrected chi connectivity index (χ1v) is 7.23. The van der Waals surface area contributed by atoms with E-state index in [1.807, 2.05) is 30.3 Å². The van der Waals surface area contributed by atoms with E-state index < -0.39 is 6.09 Å². The van der Waals surface area contributed by atoms with Crippen molar-refractivity contribution in [3.8, 4) is 11.5 Å². The fraction of sp³-hybridized carbons (Fsp3) is 0.188. The first kappa shape index (κ1) is 15.4. The number of ether oxygens (including phenoxy) is 2. The van der Waals surface area contributed by atoms with Gasteiger partial charge in [-0.25, -0.2) is 4.79 Å². The van der Waals surface area contributed by atoms with E-state index in [1.165, 1.54) is 0 Å². The summed E-state index contributed by atoms with van der Waals surface area (Å²) in [5, 5.41) is 0. The highest BCUT2D eigenvalue weighted by molar-refractivity contribution is 6.61. The highest BCUT2D eigenvalue weighted by Crippen LogP contribution is 2.18. The molecule has 1 heterocycles. The molecule has 0 radical (unpaired) electrons. The maximum atomic E-state index is 10.6. The third-order valence-electron chi connectivity index (χ3n) is 3.30. The molecule has 1 aliphatic rings. The molecule has 3 rings (SSSR count). The van der Waals surface area contributed by atoms with Crippen LogP contribution in [0.3, 0.4) is 0 Å². The van der Waals surface area contributed by atoms with Crippen LogP contribution in [0.4, 0.5) is 4.79 Å². The Bertz CT molecular complexity index is 649. The van der Waals surface area contributed by atoms with Gasteiger partial charge in [0.25, 0.3) is 0 Å². The fourth-order valence-corrected chi connectivity index (χ4v) is 2.23. The zero-order valence-electron chi connectivity index (χ0n) is 12.4. The van der Waals surface area contributed by atoms with E-state index in [0.29, 0.717) is 24.7 Å². The van der Waals surface area contributed by atoms with E-state index in [9.17, 15) is 4.79 Å². The molecular weight excluding hydrogens is 297 g/mol. The first-order valence-electron chi connectivity index (χ1n) is 7.23. The van der Waals surface area contributed by atoms with Gasteiger partial charge in [-0.3, -0.25) is 0 Å². The van der Waals surface area contributed by atoms with Crippen molar-refractivity contribution in [3.63, 3.8) is 0 Å². The number of amides is 1. The Morgan fingerprint density at radius 2 is 1.83 bits per heavy atom. The molecule has 0 spiro atoms. The Morgan fingerprint density at radius 3 is 2.52 bits per heavy atom. The summed E-state index contributed by atoms with van der Waals surface area (Å²) in [4.78, 5) is 10.6. The maximum absolute atomic E-state index is 10.6. The second-order valence-electron chi connectivity index (χ2n) is 5.04. The van der Waals surface area contributed by atoms with Crippen molar-refractivity contribution < 1.29 is 23.6 Å². The standard InChI is InChI=1S/C16H16BNO5/c18-16(19)22-14-8-6-13(7-9-14)20-10-15-11-21-17(23-15)12-4-2-1-3-5-12/h1-9,15H,10-11H2,(H2,18,19). The van der Waals surface area contributed by atoms with Crippen LogP contribution in [-0.4, -0.2) is 32.5 Å². The second-order valence-corrected chi connectivity index (χ2v) is 5.04. The molecule has 0 aliphatic carbocycles. The average molecular weight is 313 g/mol. The first-order chi connectivity index (χ1) is 11.2. The van der Waals surface area contributed by atoms with E-state index in [-0.39, 0.29) is 13.2 Å². The van der Waals surface area contributed by atoms with Crippen LogP contribution >= 0.6 is 0 Å². The van der Waals surface area contributed by atoms with Crippen LogP contribution in [0.25, 0.3) is 0 Å². The van der Waals surface area contributed by atoms with E-state index in [1.54, 1.807) is 24.3 Å². The minimum Gasteiger partial charge on any atom is -0.491 e. The zero-order valence-corrected chi connectivity index (χ0v) is 12.4. The summed E-state index contributed by atoms with van der Waals surface area (Å²) in [6, 6.07) is 16.4. The lowest BCUT2D eigenvalue weighted by atomic mass is 9.79. The van der Waals surface area contributed by atoms with Gasteiger partial charge < -0.3 is 24.5 Å². The molecule has 1 saturated heterocycles. The van der Waals surface area contributed by atoms with Crippen LogP contribution in [0.15, 0.2) is 54.6 Å². The van der Waals surface area contributed by atoms with Crippen LogP contribution in [0.2, 0.25) is 0 Å². The highest BCUT2D eigenvalue weighted by atomic mass is 16.7. The van der Waals surface area contributed by atoms with Crippen LogP contribution in [0, 0.1) is 0 Å². The van der Waals surface area contributed by atoms with Crippen molar-refractivity contribution in [1.82, 2.24) is 0 Å². The molecule has 2 N–H and O–H groups in total. The Morgan fingerprint density at radius 1 is 1.13 bits per heavy atom. The average Bonchev–Trinajstić information content (AvgIpc) is 3.04. The molecule has 0 aromatic heterocycles. The molecule has 2 aromatic rings. The van der Waals surface area contributed by atoms with Crippen LogP contribution in [0.1, 0.15) is 0 Å². The number of carbonyl (C=O) groups excluding carboxylic acids is 1. The smallest absolute Gasteiger partial charge is 0.491 e. The van der Waals surface area contributed by atoms with Gasteiger partial charge in [0.2, 0.25) is 0 Å². The Hall–Kier alpha value is -2.51. The predicted octanol–water partition coefficient (Wildman–Crippen LogP) is 1.33. The van der Waals surface area contributed by atoms with E-state index in [2.05, 4.69) is 0 Å². The second kappa shape index (κ2) is 7.17. The summed E-state index contributed by atoms with van der Waals surface area (Å²) in [6.45, 7) is 0.849. The summed E-state index contributed by atoms with van der Waals surface area (Å²) in [6.07, 6.45) is -0.983. The minimum atomic E-state index is -0.845. The molecular formula is C16H16BNO5. The summed E-state index contributed by atoms with van der Waals surface area (Å²) >= 11 is 0. The van der Waals surface area contributed by atoms with Gasteiger partial charge in [0, 0.05) is 0 Å². The molecule has 6 nitrogen and oxygen atoms in total. The number of benzene rings is 2. The van der Waals surface area contributed by atoms with Crippen molar-refractivity contribution in [2.24, 2.45) is 5.73 Å². The van der Waals surface area contributed by atoms with Gasteiger partial charge in [0.05, 0.1) is 12.7 Å². The van der Waals surface area contributed by atoms with Crippen LogP contribution < -0.4 is 20.7 Å². The number of hydrogen-bond acceptors (Lipinski definition) is 5. The molecule has 1 unspecified atom stereocenters. The summed E-state index contributed by atoms with van der Waals surface area (Å²) in [5.41, 5.74) is 5.93. The van der Waals surface area contributed by atoms with Gasteiger partial charge in [0.15, 0.2) is 0 Å². The molecule has 0 bridgehead atoms. The molecule has 1 atom stereocenters. The Kier molecular flexibility index (Phi) is 4.80.